The lowest BCUT2D eigenvalue weighted by Gasteiger charge is -1.67. The van der Waals surface area contributed by atoms with Crippen LogP contribution in [0, 0.1) is 0 Å². The van der Waals surface area contributed by atoms with E-state index in [4.69, 9.17) is 49.8 Å². The molecule has 0 aromatic rings. The Balaban J connectivity index is -0.0000000139. The highest BCUT2D eigenvalue weighted by atomic mass is 16.5. The summed E-state index contributed by atoms with van der Waals surface area (Å²) in [5.41, 5.74) is 18.0. The summed E-state index contributed by atoms with van der Waals surface area (Å²) in [4.78, 5) is 35.9. The minimum atomic E-state index is -0.833. The Hall–Kier alpha value is -2.44. The van der Waals surface area contributed by atoms with Crippen LogP contribution in [0.2, 0.25) is 0 Å². The number of ether oxygens (including phenoxy) is 2. The third kappa shape index (κ3) is 100000. The van der Waals surface area contributed by atoms with Crippen LogP contribution in [0.5, 0.6) is 0 Å². The highest BCUT2D eigenvalue weighted by Gasteiger charge is 1.65. The van der Waals surface area contributed by atoms with Gasteiger partial charge in [0.25, 0.3) is 24.9 Å². The molecule has 0 aliphatic heterocycles. The van der Waals surface area contributed by atoms with Crippen molar-refractivity contribution in [3.05, 3.63) is 0 Å². The van der Waals surface area contributed by atoms with Crippen LogP contribution in [0.4, 0.5) is 0 Å². The molecule has 0 fully saturated rings. The van der Waals surface area contributed by atoms with E-state index in [-0.39, 0.29) is 0 Å². The van der Waals surface area contributed by atoms with E-state index in [1.54, 1.807) is 0 Å². The predicted octanol–water partition coefficient (Wildman–Crippen LogP) is -3.51. The maximum absolute atomic E-state index is 9.00. The molecule has 208 valence electrons. The van der Waals surface area contributed by atoms with Crippen molar-refractivity contribution in [2.75, 3.05) is 70.8 Å². The number of carbonyl (C=O) groups is 4. The number of methoxy groups -OCH3 is 2. The lowest BCUT2D eigenvalue weighted by Crippen LogP contribution is -1.78. The molecule has 0 aromatic carbocycles. The zero-order valence-electron chi connectivity index (χ0n) is 21.6. The van der Waals surface area contributed by atoms with E-state index in [1.807, 2.05) is 0 Å². The third-order valence-electron chi connectivity index (χ3n) is 0.192. The summed E-state index contributed by atoms with van der Waals surface area (Å²) in [5.74, 6) is -1.67. The molecule has 16 heteroatoms. The maximum atomic E-state index is 9.00. The number of hydrogen-bond donors (Lipinski definition) is 10. The second-order valence-electron chi connectivity index (χ2n) is 1.70. The van der Waals surface area contributed by atoms with Crippen LogP contribution in [-0.4, -0.2) is 126 Å². The van der Waals surface area contributed by atoms with Crippen molar-refractivity contribution in [2.24, 2.45) is 22.9 Å². The van der Waals surface area contributed by atoms with Gasteiger partial charge in [-0.25, -0.2) is 0 Å². The van der Waals surface area contributed by atoms with Gasteiger partial charge in [-0.05, 0) is 28.2 Å². The van der Waals surface area contributed by atoms with E-state index >= 15 is 0 Å². The second kappa shape index (κ2) is 380. The smallest absolute Gasteiger partial charge is 0.300 e. The van der Waals surface area contributed by atoms with Crippen molar-refractivity contribution in [2.45, 2.75) is 13.8 Å². The third-order valence-corrected chi connectivity index (χ3v) is 0.192. The van der Waals surface area contributed by atoms with Crippen molar-refractivity contribution in [3.63, 3.8) is 0 Å². The van der Waals surface area contributed by atoms with Gasteiger partial charge >= 0.3 is 0 Å². The van der Waals surface area contributed by atoms with Gasteiger partial charge in [0.1, 0.15) is 0 Å². The molecule has 0 radical (unpaired) electrons. The van der Waals surface area contributed by atoms with Gasteiger partial charge in [0.15, 0.2) is 0 Å². The Morgan fingerprint density at radius 1 is 0.531 bits per heavy atom. The number of carboxylic acid groups (broad SMARTS) is 2. The minimum absolute atomic E-state index is 0.375. The first-order valence-corrected chi connectivity index (χ1v) is 7.71. The Morgan fingerprint density at radius 3 is 0.562 bits per heavy atom. The van der Waals surface area contributed by atoms with Crippen molar-refractivity contribution in [1.29, 1.82) is 0 Å². The molecule has 0 saturated carbocycles. The average molecular weight is 493 g/mol. The quantitative estimate of drug-likeness (QED) is 0.167. The molecule has 0 rings (SSSR count). The predicted molar refractivity (Wildman–Crippen MR) is 126 cm³/mol. The van der Waals surface area contributed by atoms with Crippen molar-refractivity contribution >= 4 is 24.9 Å². The average Bonchev–Trinajstić information content (AvgIpc) is 2.88. The first kappa shape index (κ1) is 78.2. The van der Waals surface area contributed by atoms with Gasteiger partial charge in [-0.15, -0.1) is 0 Å². The molecule has 0 bridgehead atoms. The summed E-state index contributed by atoms with van der Waals surface area (Å²) in [5, 5.41) is 42.8. The van der Waals surface area contributed by atoms with Crippen molar-refractivity contribution in [1.82, 2.24) is 0 Å². The van der Waals surface area contributed by atoms with Crippen LogP contribution >= 0.6 is 0 Å². The lowest BCUT2D eigenvalue weighted by molar-refractivity contribution is -0.135. The highest BCUT2D eigenvalue weighted by Crippen LogP contribution is 1.42. The standard InChI is InChI=1S/4C2H4O2.4CH5N.4CH4O/c2*1-4-2-3;2*1-2(3)4;8*1-2/h2*2H,1H3;2*1H3,(H,3,4);4*2H2,1H3;4*2H,1H3. The maximum Gasteiger partial charge on any atom is 0.300 e. The molecule has 0 atom stereocenters. The number of nitrogens with two attached hydrogens (primary N) is 4. The summed E-state index contributed by atoms with van der Waals surface area (Å²) in [6.07, 6.45) is 0. The molecular formula is C16H52N4O12. The molecule has 0 aliphatic rings. The lowest BCUT2D eigenvalue weighted by atomic mass is 10.9. The topological polar surface area (TPSA) is 312 Å². The van der Waals surface area contributed by atoms with Gasteiger partial charge in [0.2, 0.25) is 0 Å². The normalized spacial score (nSPS) is 4.38. The Kier molecular flexibility index (Phi) is 927. The summed E-state index contributed by atoms with van der Waals surface area (Å²) in [7, 11) is 12.6. The van der Waals surface area contributed by atoms with Gasteiger partial charge in [-0.3, -0.25) is 19.2 Å². The zero-order chi connectivity index (χ0) is 30.0. The molecule has 0 unspecified atom stereocenters. The summed E-state index contributed by atoms with van der Waals surface area (Å²) < 4.78 is 7.72. The van der Waals surface area contributed by atoms with Crippen LogP contribution in [-0.2, 0) is 28.7 Å². The van der Waals surface area contributed by atoms with E-state index in [1.165, 1.54) is 42.4 Å². The molecule has 14 N–H and O–H groups in total. The fourth-order valence-electron chi connectivity index (χ4n) is 0. The van der Waals surface area contributed by atoms with E-state index in [2.05, 4.69) is 32.4 Å². The Labute approximate surface area is 192 Å². The second-order valence-corrected chi connectivity index (χ2v) is 1.70. The molecule has 0 heterocycles. The fourth-order valence-corrected chi connectivity index (χ4v) is 0. The van der Waals surface area contributed by atoms with Crippen LogP contribution in [0.3, 0.4) is 0 Å². The number of carbonyl (C=O) groups excluding carboxylic acids is 2. The minimum Gasteiger partial charge on any atom is -0.481 e. The summed E-state index contributed by atoms with van der Waals surface area (Å²) >= 11 is 0. The monoisotopic (exact) mass is 492 g/mol. The van der Waals surface area contributed by atoms with Crippen LogP contribution in [0.15, 0.2) is 0 Å². The number of rotatable bonds is 2. The number of hydrogen-bond acceptors (Lipinski definition) is 14. The summed E-state index contributed by atoms with van der Waals surface area (Å²) in [6.45, 7) is 2.92. The van der Waals surface area contributed by atoms with E-state index in [0.717, 1.165) is 42.3 Å². The number of aliphatic hydroxyl groups is 4. The molecule has 0 aliphatic carbocycles. The summed E-state index contributed by atoms with van der Waals surface area (Å²) in [6, 6.07) is 0. The van der Waals surface area contributed by atoms with Crippen molar-refractivity contribution in [3.8, 4) is 0 Å². The van der Waals surface area contributed by atoms with Gasteiger partial charge in [0, 0.05) is 42.3 Å². The van der Waals surface area contributed by atoms with Crippen LogP contribution in [0.25, 0.3) is 0 Å². The molecule has 0 saturated heterocycles. The fraction of sp³-hybridized carbons (Fsp3) is 0.750. The highest BCUT2D eigenvalue weighted by molar-refractivity contribution is 5.63. The van der Waals surface area contributed by atoms with Gasteiger partial charge in [-0.2, -0.15) is 0 Å². The van der Waals surface area contributed by atoms with Crippen LogP contribution < -0.4 is 22.9 Å². The number of aliphatic carboxylic acids is 2. The van der Waals surface area contributed by atoms with E-state index in [0.29, 0.717) is 12.9 Å². The molecule has 32 heavy (non-hydrogen) atoms. The van der Waals surface area contributed by atoms with Crippen molar-refractivity contribution < 1.29 is 59.3 Å². The largest absolute Gasteiger partial charge is 0.481 e. The zero-order valence-corrected chi connectivity index (χ0v) is 21.6. The molecule has 16 nitrogen and oxygen atoms in total. The molecule has 0 spiro atoms. The van der Waals surface area contributed by atoms with E-state index in [9.17, 15) is 0 Å². The first-order chi connectivity index (χ1) is 15.3. The van der Waals surface area contributed by atoms with Gasteiger partial charge < -0.3 is 63.0 Å². The number of aliphatic hydroxyl groups excluding tert-OH is 4. The Morgan fingerprint density at radius 2 is 0.562 bits per heavy atom. The molecular weight excluding hydrogens is 440 g/mol. The SMILES string of the molecule is CC(=O)O.CC(=O)O.CN.CN.CN.CN.CO.CO.CO.CO.COC=O.COC=O. The van der Waals surface area contributed by atoms with E-state index < -0.39 is 11.9 Å². The van der Waals surface area contributed by atoms with Gasteiger partial charge in [-0.1, -0.05) is 0 Å². The first-order valence-electron chi connectivity index (χ1n) is 7.71. The molecule has 0 amide bonds. The molecule has 0 aromatic heterocycles. The number of carboxylic acids is 2. The van der Waals surface area contributed by atoms with Gasteiger partial charge in [0.05, 0.1) is 14.2 Å². The van der Waals surface area contributed by atoms with Crippen LogP contribution in [0.1, 0.15) is 13.8 Å². The Bertz CT molecular complexity index is 178.